The number of nitrogens with zero attached hydrogens (tertiary/aromatic N) is 1. The molecule has 0 spiro atoms. The third-order valence-corrected chi connectivity index (χ3v) is 16.1. The third-order valence-electron chi connectivity index (χ3n) is 15.1. The van der Waals surface area contributed by atoms with Gasteiger partial charge in [0.1, 0.15) is 19.3 Å². The number of hydrogen-bond acceptors (Lipinski definition) is 7. The maximum atomic E-state index is 13.6. The summed E-state index contributed by atoms with van der Waals surface area (Å²) < 4.78 is 30.4. The summed E-state index contributed by atoms with van der Waals surface area (Å²) in [4.78, 5) is 40.1. The van der Waals surface area contributed by atoms with Crippen LogP contribution in [0.1, 0.15) is 335 Å². The quantitative estimate of drug-likeness (QED) is 0.0212. The number of phosphoric acid groups is 1. The van der Waals surface area contributed by atoms with E-state index >= 15 is 0 Å². The molecular weight excluding hydrogens is 964 g/mol. The van der Waals surface area contributed by atoms with Crippen molar-refractivity contribution in [2.45, 2.75) is 348 Å². The molecule has 0 aromatic carbocycles. The fourth-order valence-corrected chi connectivity index (χ4v) is 10.7. The highest BCUT2D eigenvalue weighted by atomic mass is 31.2. The summed E-state index contributed by atoms with van der Waals surface area (Å²) in [6, 6.07) is -0.883. The van der Waals surface area contributed by atoms with Crippen molar-refractivity contribution in [1.82, 2.24) is 5.32 Å². The first kappa shape index (κ1) is 74.5. The number of rotatable bonds is 61. The van der Waals surface area contributed by atoms with E-state index in [-0.39, 0.29) is 31.5 Å². The monoisotopic (exact) mass is 1090 g/mol. The van der Waals surface area contributed by atoms with Gasteiger partial charge in [0, 0.05) is 12.8 Å². The smallest absolute Gasteiger partial charge is 0.306 e. The summed E-state index contributed by atoms with van der Waals surface area (Å²) in [6.07, 6.45) is 67.1. The lowest BCUT2D eigenvalue weighted by Gasteiger charge is -2.30. The highest BCUT2D eigenvalue weighted by molar-refractivity contribution is 7.45. The molecule has 0 saturated heterocycles. The van der Waals surface area contributed by atoms with Crippen LogP contribution in [0.25, 0.3) is 0 Å². The second kappa shape index (κ2) is 56.8. The van der Waals surface area contributed by atoms with Gasteiger partial charge in [0.2, 0.25) is 5.91 Å². The lowest BCUT2D eigenvalue weighted by atomic mass is 10.0. The second-order valence-electron chi connectivity index (χ2n) is 24.0. The first-order chi connectivity index (χ1) is 36.9. The van der Waals surface area contributed by atoms with Crippen molar-refractivity contribution in [3.63, 3.8) is 0 Å². The summed E-state index contributed by atoms with van der Waals surface area (Å²) in [5, 5.41) is 3.04. The van der Waals surface area contributed by atoms with Crippen LogP contribution in [-0.2, 0) is 27.9 Å². The summed E-state index contributed by atoms with van der Waals surface area (Å²) in [6.45, 7) is 6.89. The van der Waals surface area contributed by atoms with Gasteiger partial charge >= 0.3 is 5.97 Å². The van der Waals surface area contributed by atoms with E-state index in [1.807, 2.05) is 33.3 Å². The Morgan fingerprint density at radius 1 is 0.447 bits per heavy atom. The highest BCUT2D eigenvalue weighted by Gasteiger charge is 2.27. The van der Waals surface area contributed by atoms with Crippen LogP contribution >= 0.6 is 7.82 Å². The SMILES string of the molecule is CCCCCCCC/C=C/CCCCCCCCCCCCCC(=O)NC(COP(=O)([O-])OCC[N+](C)(C)C)C(/C=C/CCCCCCCCCCCC)OC(=O)CCCCCCCCCCCCCCCCCCC. The predicted molar refractivity (Wildman–Crippen MR) is 326 cm³/mol. The van der Waals surface area contributed by atoms with Gasteiger partial charge in [-0.1, -0.05) is 289 Å². The Balaban J connectivity index is 5.14. The van der Waals surface area contributed by atoms with Crippen molar-refractivity contribution >= 4 is 19.7 Å². The number of quaternary nitrogens is 1. The van der Waals surface area contributed by atoms with E-state index in [4.69, 9.17) is 13.8 Å². The minimum Gasteiger partial charge on any atom is -0.756 e. The molecule has 0 rings (SSSR count). The Morgan fingerprint density at radius 2 is 0.763 bits per heavy atom. The van der Waals surface area contributed by atoms with E-state index in [0.29, 0.717) is 17.4 Å². The van der Waals surface area contributed by atoms with E-state index < -0.39 is 20.0 Å². The normalized spacial score (nSPS) is 13.7. The molecule has 9 nitrogen and oxygen atoms in total. The number of unbranched alkanes of at least 4 members (excludes halogenated alkanes) is 43. The van der Waals surface area contributed by atoms with Crippen molar-refractivity contribution < 1.29 is 37.3 Å². The van der Waals surface area contributed by atoms with Gasteiger partial charge in [-0.15, -0.1) is 0 Å². The Kier molecular flexibility index (Phi) is 55.6. The number of amides is 1. The van der Waals surface area contributed by atoms with Gasteiger partial charge in [0.05, 0.1) is 33.8 Å². The number of likely N-dealkylation sites (N-methyl/N-ethyl adjacent to an activating group) is 1. The molecule has 0 bridgehead atoms. The summed E-state index contributed by atoms with van der Waals surface area (Å²) in [7, 11) is 1.20. The molecule has 1 N–H and O–H groups in total. The topological polar surface area (TPSA) is 114 Å². The zero-order chi connectivity index (χ0) is 55.7. The molecule has 0 aromatic rings. The molecule has 10 heteroatoms. The molecule has 3 unspecified atom stereocenters. The number of esters is 1. The molecule has 0 saturated carbocycles. The van der Waals surface area contributed by atoms with Crippen molar-refractivity contribution in [3.8, 4) is 0 Å². The van der Waals surface area contributed by atoms with Gasteiger partial charge < -0.3 is 28.5 Å². The molecule has 0 aromatic heterocycles. The number of hydrogen-bond donors (Lipinski definition) is 1. The average molecular weight is 1090 g/mol. The van der Waals surface area contributed by atoms with E-state index in [9.17, 15) is 19.0 Å². The molecule has 0 fully saturated rings. The molecule has 0 aliphatic rings. The molecule has 0 heterocycles. The van der Waals surface area contributed by atoms with Crippen molar-refractivity contribution in [2.75, 3.05) is 40.9 Å². The molecule has 0 aliphatic carbocycles. The van der Waals surface area contributed by atoms with Gasteiger partial charge in [-0.3, -0.25) is 14.2 Å². The molecular formula is C66H129N2O7P. The van der Waals surface area contributed by atoms with Crippen molar-refractivity contribution in [1.29, 1.82) is 0 Å². The number of ether oxygens (including phenoxy) is 1. The largest absolute Gasteiger partial charge is 0.756 e. The van der Waals surface area contributed by atoms with Crippen LogP contribution in [0.4, 0.5) is 0 Å². The number of carbonyl (C=O) groups excluding carboxylic acids is 2. The Hall–Kier alpha value is -1.51. The van der Waals surface area contributed by atoms with Gasteiger partial charge in [-0.25, -0.2) is 0 Å². The van der Waals surface area contributed by atoms with Crippen molar-refractivity contribution in [2.24, 2.45) is 0 Å². The molecule has 0 radical (unpaired) electrons. The average Bonchev–Trinajstić information content (AvgIpc) is 3.38. The Bertz CT molecular complexity index is 1350. The van der Waals surface area contributed by atoms with E-state index in [0.717, 1.165) is 57.8 Å². The Labute approximate surface area is 473 Å². The third kappa shape index (κ3) is 57.2. The molecule has 76 heavy (non-hydrogen) atoms. The lowest BCUT2D eigenvalue weighted by molar-refractivity contribution is -0.870. The number of nitrogens with one attached hydrogen (secondary N) is 1. The van der Waals surface area contributed by atoms with Gasteiger partial charge in [0.15, 0.2) is 0 Å². The number of carbonyl (C=O) groups is 2. The van der Waals surface area contributed by atoms with E-state index in [1.165, 1.54) is 244 Å². The summed E-state index contributed by atoms with van der Waals surface area (Å²) in [5.74, 6) is -0.522. The van der Waals surface area contributed by atoms with E-state index in [1.54, 1.807) is 0 Å². The number of allylic oxidation sites excluding steroid dienone is 3. The van der Waals surface area contributed by atoms with Crippen LogP contribution in [0, 0.1) is 0 Å². The van der Waals surface area contributed by atoms with Crippen molar-refractivity contribution in [3.05, 3.63) is 24.3 Å². The molecule has 3 atom stereocenters. The number of phosphoric ester groups is 1. The first-order valence-electron chi connectivity index (χ1n) is 33.1. The lowest BCUT2D eigenvalue weighted by Crippen LogP contribution is -2.47. The Morgan fingerprint density at radius 3 is 1.12 bits per heavy atom. The van der Waals surface area contributed by atoms with Gasteiger partial charge in [-0.2, -0.15) is 0 Å². The van der Waals surface area contributed by atoms with Crippen LogP contribution in [0.15, 0.2) is 24.3 Å². The molecule has 1 amide bonds. The maximum absolute atomic E-state index is 13.6. The zero-order valence-electron chi connectivity index (χ0n) is 51.5. The second-order valence-corrected chi connectivity index (χ2v) is 25.4. The summed E-state index contributed by atoms with van der Waals surface area (Å²) in [5.41, 5.74) is 0. The minimum atomic E-state index is -4.69. The van der Waals surface area contributed by atoms with Crippen LogP contribution < -0.4 is 10.2 Å². The minimum absolute atomic E-state index is 0.0185. The predicted octanol–water partition coefficient (Wildman–Crippen LogP) is 19.9. The van der Waals surface area contributed by atoms with Crippen LogP contribution in [0.3, 0.4) is 0 Å². The van der Waals surface area contributed by atoms with Crippen LogP contribution in [0.2, 0.25) is 0 Å². The molecule has 0 aliphatic heterocycles. The van der Waals surface area contributed by atoms with Crippen LogP contribution in [0.5, 0.6) is 0 Å². The highest BCUT2D eigenvalue weighted by Crippen LogP contribution is 2.38. The first-order valence-corrected chi connectivity index (χ1v) is 34.6. The van der Waals surface area contributed by atoms with Crippen LogP contribution in [-0.4, -0.2) is 69.4 Å². The molecule has 450 valence electrons. The summed E-state index contributed by atoms with van der Waals surface area (Å²) >= 11 is 0. The van der Waals surface area contributed by atoms with Gasteiger partial charge in [0.25, 0.3) is 7.82 Å². The van der Waals surface area contributed by atoms with Gasteiger partial charge in [-0.05, 0) is 57.4 Å². The fourth-order valence-electron chi connectivity index (χ4n) is 9.99. The zero-order valence-corrected chi connectivity index (χ0v) is 52.4. The van der Waals surface area contributed by atoms with E-state index in [2.05, 4.69) is 38.2 Å². The maximum Gasteiger partial charge on any atom is 0.306 e. The standard InChI is InChI=1S/C66H129N2O7P/c1-7-10-13-16-19-22-25-28-30-32-33-34-35-37-38-40-43-46-49-52-55-58-65(69)67-63(62-74-76(71,72)73-61-60-68(4,5)6)64(57-54-51-48-45-42-27-24-21-18-15-12-9-3)75-66(70)59-56-53-50-47-44-41-39-36-31-29-26-23-20-17-14-11-8-2/h28,30,54,57,63-64H,7-27,29,31-53,55-56,58-62H2,1-6H3,(H-,67,69,71,72)/b30-28+,57-54+. The fraction of sp³-hybridized carbons (Fsp3) is 0.909.